The van der Waals surface area contributed by atoms with Crippen molar-refractivity contribution in [3.8, 4) is 5.75 Å². The fourth-order valence-electron chi connectivity index (χ4n) is 4.76. The molecule has 0 radical (unpaired) electrons. The lowest BCUT2D eigenvalue weighted by Crippen LogP contribution is -2.49. The van der Waals surface area contributed by atoms with Gasteiger partial charge in [0.15, 0.2) is 0 Å². The molecule has 2 aromatic carbocycles. The maximum Gasteiger partial charge on any atom is 0.277 e. The zero-order valence-electron chi connectivity index (χ0n) is 20.3. The maximum absolute atomic E-state index is 13.0. The molecule has 0 atom stereocenters. The second-order valence-electron chi connectivity index (χ2n) is 9.07. The quantitative estimate of drug-likeness (QED) is 0.389. The Balaban J connectivity index is 1.41. The van der Waals surface area contributed by atoms with Gasteiger partial charge in [-0.05, 0) is 55.5 Å². The molecular weight excluding hydrogens is 476 g/mol. The molecule has 1 saturated carbocycles. The van der Waals surface area contributed by atoms with E-state index in [0.717, 1.165) is 18.4 Å². The van der Waals surface area contributed by atoms with Gasteiger partial charge in [-0.3, -0.25) is 9.78 Å². The number of benzene rings is 2. The van der Waals surface area contributed by atoms with Crippen LogP contribution in [-0.4, -0.2) is 39.0 Å². The van der Waals surface area contributed by atoms with Gasteiger partial charge in [-0.2, -0.15) is 17.9 Å². The predicted molar refractivity (Wildman–Crippen MR) is 139 cm³/mol. The number of para-hydroxylation sites is 1. The SMILES string of the molecule is COc1ccccc1C(=O)NC[C@]1(c2ccccc2)CC[C@H](NS(=O)(=O)NCc2ccccn2)CC1. The van der Waals surface area contributed by atoms with Gasteiger partial charge in [-0.15, -0.1) is 0 Å². The zero-order chi connectivity index (χ0) is 25.4. The van der Waals surface area contributed by atoms with Crippen LogP contribution < -0.4 is 19.5 Å². The highest BCUT2D eigenvalue weighted by Crippen LogP contribution is 2.39. The summed E-state index contributed by atoms with van der Waals surface area (Å²) in [5, 5.41) is 3.11. The first-order valence-corrected chi connectivity index (χ1v) is 13.5. The third kappa shape index (κ3) is 6.48. The van der Waals surface area contributed by atoms with Crippen LogP contribution in [0.1, 0.15) is 47.3 Å². The Bertz CT molecular complexity index is 1250. The Morgan fingerprint density at radius 3 is 2.39 bits per heavy atom. The minimum atomic E-state index is -3.67. The number of hydrogen-bond acceptors (Lipinski definition) is 5. The van der Waals surface area contributed by atoms with Gasteiger partial charge in [0, 0.05) is 24.2 Å². The van der Waals surface area contributed by atoms with Gasteiger partial charge in [0.1, 0.15) is 5.75 Å². The molecule has 9 heteroatoms. The van der Waals surface area contributed by atoms with Crippen molar-refractivity contribution >= 4 is 16.1 Å². The first-order valence-electron chi connectivity index (χ1n) is 12.0. The number of rotatable bonds is 10. The van der Waals surface area contributed by atoms with Crippen molar-refractivity contribution in [3.05, 3.63) is 95.8 Å². The average Bonchev–Trinajstić information content (AvgIpc) is 2.92. The number of carbonyl (C=O) groups excluding carboxylic acids is 1. The second kappa shape index (κ2) is 11.6. The van der Waals surface area contributed by atoms with Crippen LogP contribution in [0, 0.1) is 0 Å². The number of carbonyl (C=O) groups is 1. The van der Waals surface area contributed by atoms with Crippen LogP contribution in [0.15, 0.2) is 79.0 Å². The number of aromatic nitrogens is 1. The maximum atomic E-state index is 13.0. The smallest absolute Gasteiger partial charge is 0.277 e. The summed E-state index contributed by atoms with van der Waals surface area (Å²) >= 11 is 0. The van der Waals surface area contributed by atoms with Crippen LogP contribution in [0.25, 0.3) is 0 Å². The normalized spacial score (nSPS) is 20.0. The molecule has 1 aromatic heterocycles. The fourth-order valence-corrected chi connectivity index (χ4v) is 5.85. The lowest BCUT2D eigenvalue weighted by molar-refractivity contribution is 0.0932. The predicted octanol–water partition coefficient (Wildman–Crippen LogP) is 3.32. The van der Waals surface area contributed by atoms with Crippen LogP contribution in [-0.2, 0) is 22.2 Å². The molecule has 1 aliphatic rings. The number of amides is 1. The van der Waals surface area contributed by atoms with Crippen molar-refractivity contribution in [1.29, 1.82) is 0 Å². The Morgan fingerprint density at radius 1 is 1.00 bits per heavy atom. The Morgan fingerprint density at radius 2 is 1.69 bits per heavy atom. The van der Waals surface area contributed by atoms with Crippen LogP contribution >= 0.6 is 0 Å². The van der Waals surface area contributed by atoms with Crippen molar-refractivity contribution in [2.24, 2.45) is 0 Å². The molecule has 3 aromatic rings. The number of hydrogen-bond donors (Lipinski definition) is 3. The van der Waals surface area contributed by atoms with E-state index in [1.165, 1.54) is 0 Å². The van der Waals surface area contributed by atoms with E-state index >= 15 is 0 Å². The van der Waals surface area contributed by atoms with Crippen LogP contribution in [0.2, 0.25) is 0 Å². The van der Waals surface area contributed by atoms with Gasteiger partial charge >= 0.3 is 0 Å². The summed E-state index contributed by atoms with van der Waals surface area (Å²) < 4.78 is 35.9. The van der Waals surface area contributed by atoms with Crippen molar-refractivity contribution in [1.82, 2.24) is 19.7 Å². The molecule has 0 unspecified atom stereocenters. The molecule has 1 fully saturated rings. The van der Waals surface area contributed by atoms with E-state index in [1.807, 2.05) is 36.4 Å². The summed E-state index contributed by atoms with van der Waals surface area (Å²) in [7, 11) is -2.13. The first kappa shape index (κ1) is 25.8. The van der Waals surface area contributed by atoms with E-state index in [0.29, 0.717) is 36.4 Å². The molecule has 4 rings (SSSR count). The molecule has 1 aliphatic carbocycles. The Kier molecular flexibility index (Phi) is 8.35. The van der Waals surface area contributed by atoms with Crippen LogP contribution in [0.4, 0.5) is 0 Å². The number of pyridine rings is 1. The summed E-state index contributed by atoms with van der Waals surface area (Å²) in [5.41, 5.74) is 1.99. The summed E-state index contributed by atoms with van der Waals surface area (Å²) in [6, 6.07) is 22.5. The molecular formula is C27H32N4O4S. The van der Waals surface area contributed by atoms with Crippen molar-refractivity contribution < 1.29 is 17.9 Å². The van der Waals surface area contributed by atoms with Gasteiger partial charge in [0.05, 0.1) is 24.9 Å². The molecule has 190 valence electrons. The number of ether oxygens (including phenoxy) is 1. The number of nitrogens with one attached hydrogen (secondary N) is 3. The summed E-state index contributed by atoms with van der Waals surface area (Å²) in [6.07, 6.45) is 4.41. The topological polar surface area (TPSA) is 109 Å². The van der Waals surface area contributed by atoms with E-state index in [9.17, 15) is 13.2 Å². The monoisotopic (exact) mass is 508 g/mol. The van der Waals surface area contributed by atoms with Gasteiger partial charge in [0.25, 0.3) is 16.1 Å². The summed E-state index contributed by atoms with van der Waals surface area (Å²) in [6.45, 7) is 0.580. The molecule has 1 amide bonds. The minimum absolute atomic E-state index is 0.131. The largest absolute Gasteiger partial charge is 0.496 e. The molecule has 8 nitrogen and oxygen atoms in total. The first-order chi connectivity index (χ1) is 17.4. The Labute approximate surface area is 212 Å². The summed E-state index contributed by atoms with van der Waals surface area (Å²) in [5.74, 6) is 0.337. The molecule has 0 spiro atoms. The molecule has 0 bridgehead atoms. The van der Waals surface area contributed by atoms with E-state index < -0.39 is 10.2 Å². The minimum Gasteiger partial charge on any atom is -0.496 e. The van der Waals surface area contributed by atoms with Crippen LogP contribution in [0.5, 0.6) is 5.75 Å². The van der Waals surface area contributed by atoms with Crippen molar-refractivity contribution in [2.75, 3.05) is 13.7 Å². The van der Waals surface area contributed by atoms with E-state index in [2.05, 4.69) is 31.9 Å². The molecule has 3 N–H and O–H groups in total. The zero-order valence-corrected chi connectivity index (χ0v) is 21.1. The molecule has 36 heavy (non-hydrogen) atoms. The lowest BCUT2D eigenvalue weighted by Gasteiger charge is -2.41. The lowest BCUT2D eigenvalue weighted by atomic mass is 9.68. The third-order valence-electron chi connectivity index (χ3n) is 6.76. The van der Waals surface area contributed by atoms with Gasteiger partial charge < -0.3 is 10.1 Å². The Hall–Kier alpha value is -3.27. The number of methoxy groups -OCH3 is 1. The summed E-state index contributed by atoms with van der Waals surface area (Å²) in [4.78, 5) is 17.1. The van der Waals surface area contributed by atoms with E-state index in [1.54, 1.807) is 37.6 Å². The average molecular weight is 509 g/mol. The highest BCUT2D eigenvalue weighted by atomic mass is 32.2. The van der Waals surface area contributed by atoms with E-state index in [-0.39, 0.29) is 23.9 Å². The highest BCUT2D eigenvalue weighted by Gasteiger charge is 2.38. The van der Waals surface area contributed by atoms with E-state index in [4.69, 9.17) is 4.74 Å². The molecule has 1 heterocycles. The molecule has 0 aliphatic heterocycles. The van der Waals surface area contributed by atoms with Crippen molar-refractivity contribution in [3.63, 3.8) is 0 Å². The molecule has 0 saturated heterocycles. The van der Waals surface area contributed by atoms with Gasteiger partial charge in [-0.25, -0.2) is 0 Å². The third-order valence-corrected chi connectivity index (χ3v) is 7.93. The second-order valence-corrected chi connectivity index (χ2v) is 10.6. The fraction of sp³-hybridized carbons (Fsp3) is 0.333. The van der Waals surface area contributed by atoms with Gasteiger partial charge in [0.2, 0.25) is 0 Å². The van der Waals surface area contributed by atoms with Gasteiger partial charge in [-0.1, -0.05) is 48.5 Å². The highest BCUT2D eigenvalue weighted by molar-refractivity contribution is 7.87. The number of nitrogens with zero attached hydrogens (tertiary/aromatic N) is 1. The van der Waals surface area contributed by atoms with Crippen molar-refractivity contribution in [2.45, 2.75) is 43.7 Å². The van der Waals surface area contributed by atoms with Crippen LogP contribution in [0.3, 0.4) is 0 Å². The standard InChI is InChI=1S/C27H32N4O4S/c1-35-25-13-6-5-12-24(25)26(32)29-20-27(21-9-3-2-4-10-21)16-14-22(15-17-27)31-36(33,34)30-19-23-11-7-8-18-28-23/h2-13,18,22,30-31H,14-17,19-20H2,1H3,(H,29,32)/t22-,27-.